The van der Waals surface area contributed by atoms with Gasteiger partial charge >= 0.3 is 0 Å². The molecule has 3 heterocycles. The number of amides is 1. The molecule has 0 radical (unpaired) electrons. The van der Waals surface area contributed by atoms with Gasteiger partial charge in [-0.1, -0.05) is 24.3 Å². The summed E-state index contributed by atoms with van der Waals surface area (Å²) in [5.41, 5.74) is 2.86. The van der Waals surface area contributed by atoms with Gasteiger partial charge in [-0.3, -0.25) is 14.6 Å². The third-order valence-electron chi connectivity index (χ3n) is 5.96. The van der Waals surface area contributed by atoms with Gasteiger partial charge in [-0.05, 0) is 48.4 Å². The fourth-order valence-electron chi connectivity index (χ4n) is 4.32. The Morgan fingerprint density at radius 2 is 1.97 bits per heavy atom. The molecule has 1 fully saturated rings. The van der Waals surface area contributed by atoms with Gasteiger partial charge in [0.25, 0.3) is 11.7 Å². The lowest BCUT2D eigenvalue weighted by atomic mass is 9.94. The first-order valence-corrected chi connectivity index (χ1v) is 10.5. The van der Waals surface area contributed by atoms with E-state index in [2.05, 4.69) is 9.97 Å². The van der Waals surface area contributed by atoms with Crippen LogP contribution in [0.4, 0.5) is 4.39 Å². The summed E-state index contributed by atoms with van der Waals surface area (Å²) >= 11 is 0. The molecule has 1 unspecified atom stereocenters. The molecule has 7 heteroatoms. The molecule has 1 atom stereocenters. The lowest BCUT2D eigenvalue weighted by Crippen LogP contribution is -2.29. The maximum Gasteiger partial charge on any atom is 0.295 e. The first kappa shape index (κ1) is 20.6. The standard InChI is InChI=1S/C26H20FN3O3/c1-15-11-17(8-9-20(15)27)24(31)22-23(19-13-29-21-7-3-2-6-18(19)21)30(26(33)25(22)32)14-16-5-4-10-28-12-16/h2-13,23,29,31H,14H2,1H3/b24-22+. The number of hydrogen-bond donors (Lipinski definition) is 2. The van der Waals surface area contributed by atoms with Gasteiger partial charge in [0.05, 0.1) is 11.6 Å². The fourth-order valence-corrected chi connectivity index (χ4v) is 4.32. The van der Waals surface area contributed by atoms with Gasteiger partial charge in [0.2, 0.25) is 0 Å². The number of pyridine rings is 1. The van der Waals surface area contributed by atoms with E-state index < -0.39 is 23.5 Å². The van der Waals surface area contributed by atoms with E-state index in [0.717, 1.165) is 16.5 Å². The van der Waals surface area contributed by atoms with Crippen molar-refractivity contribution in [3.8, 4) is 0 Å². The van der Waals surface area contributed by atoms with Crippen molar-refractivity contribution in [1.82, 2.24) is 14.9 Å². The largest absolute Gasteiger partial charge is 0.507 e. The summed E-state index contributed by atoms with van der Waals surface area (Å²) in [6.07, 6.45) is 5.02. The quantitative estimate of drug-likeness (QED) is 0.275. The number of Topliss-reactive ketones (excluding diaryl/α,β-unsaturated/α-hetero) is 1. The van der Waals surface area contributed by atoms with Crippen molar-refractivity contribution in [3.63, 3.8) is 0 Å². The Hall–Kier alpha value is -4.26. The van der Waals surface area contributed by atoms with Crippen LogP contribution in [-0.4, -0.2) is 31.7 Å². The van der Waals surface area contributed by atoms with Crippen LogP contribution in [0.2, 0.25) is 0 Å². The maximum atomic E-state index is 13.8. The molecule has 1 aliphatic rings. The van der Waals surface area contributed by atoms with Crippen LogP contribution in [0.3, 0.4) is 0 Å². The summed E-state index contributed by atoms with van der Waals surface area (Å²) in [5.74, 6) is -2.25. The Bertz CT molecular complexity index is 1430. The summed E-state index contributed by atoms with van der Waals surface area (Å²) in [4.78, 5) is 35.1. The predicted molar refractivity (Wildman–Crippen MR) is 122 cm³/mol. The molecule has 2 aromatic carbocycles. The number of ketones is 1. The number of likely N-dealkylation sites (tertiary alicyclic amines) is 1. The summed E-state index contributed by atoms with van der Waals surface area (Å²) in [6.45, 7) is 1.71. The van der Waals surface area contributed by atoms with E-state index in [9.17, 15) is 19.1 Å². The zero-order valence-corrected chi connectivity index (χ0v) is 17.7. The SMILES string of the molecule is Cc1cc(/C(O)=C2\C(=O)C(=O)N(Cc3cccnc3)C2c2c[nH]c3ccccc23)ccc1F. The van der Waals surface area contributed by atoms with E-state index in [1.807, 2.05) is 30.3 Å². The molecule has 1 amide bonds. The highest BCUT2D eigenvalue weighted by molar-refractivity contribution is 6.46. The first-order valence-electron chi connectivity index (χ1n) is 10.5. The van der Waals surface area contributed by atoms with Crippen LogP contribution in [0.25, 0.3) is 16.7 Å². The van der Waals surface area contributed by atoms with Gasteiger partial charge in [-0.15, -0.1) is 0 Å². The summed E-state index contributed by atoms with van der Waals surface area (Å²) < 4.78 is 13.8. The predicted octanol–water partition coefficient (Wildman–Crippen LogP) is 4.63. The second-order valence-electron chi connectivity index (χ2n) is 8.04. The van der Waals surface area contributed by atoms with E-state index in [1.54, 1.807) is 31.6 Å². The minimum atomic E-state index is -0.827. The average Bonchev–Trinajstić information content (AvgIpc) is 3.35. The number of carbonyl (C=O) groups is 2. The van der Waals surface area contributed by atoms with Crippen LogP contribution in [0.15, 0.2) is 78.8 Å². The number of hydrogen-bond acceptors (Lipinski definition) is 4. The second kappa shape index (κ2) is 8.02. The summed E-state index contributed by atoms with van der Waals surface area (Å²) in [5, 5.41) is 12.0. The minimum absolute atomic E-state index is 0.0281. The molecule has 2 aromatic heterocycles. The number of carbonyl (C=O) groups excluding carboxylic acids is 2. The number of aromatic nitrogens is 2. The van der Waals surface area contributed by atoms with E-state index in [-0.39, 0.29) is 23.4 Å². The third-order valence-corrected chi connectivity index (χ3v) is 5.96. The first-order chi connectivity index (χ1) is 16.0. The molecule has 1 aliphatic heterocycles. The molecule has 6 nitrogen and oxygen atoms in total. The Labute approximate surface area is 189 Å². The molecule has 1 saturated heterocycles. The van der Waals surface area contributed by atoms with Crippen molar-refractivity contribution in [1.29, 1.82) is 0 Å². The van der Waals surface area contributed by atoms with Crippen LogP contribution >= 0.6 is 0 Å². The number of aliphatic hydroxyl groups is 1. The molecule has 0 aliphatic carbocycles. The molecule has 5 rings (SSSR count). The molecule has 164 valence electrons. The topological polar surface area (TPSA) is 86.3 Å². The second-order valence-corrected chi connectivity index (χ2v) is 8.04. The van der Waals surface area contributed by atoms with Crippen molar-refractivity contribution in [2.24, 2.45) is 0 Å². The summed E-state index contributed by atoms with van der Waals surface area (Å²) in [6, 6.07) is 14.4. The van der Waals surface area contributed by atoms with Crippen LogP contribution in [0.5, 0.6) is 0 Å². The number of rotatable bonds is 4. The fraction of sp³-hybridized carbons (Fsp3) is 0.115. The number of aliphatic hydroxyl groups excluding tert-OH is 1. The number of fused-ring (bicyclic) bond motifs is 1. The number of benzene rings is 2. The number of halogens is 1. The van der Waals surface area contributed by atoms with Gasteiger partial charge in [0, 0.05) is 47.2 Å². The van der Waals surface area contributed by atoms with Crippen molar-refractivity contribution in [2.45, 2.75) is 19.5 Å². The van der Waals surface area contributed by atoms with Crippen LogP contribution in [0, 0.1) is 12.7 Å². The maximum absolute atomic E-state index is 13.8. The van der Waals surface area contributed by atoms with Crippen LogP contribution in [0.1, 0.15) is 28.3 Å². The van der Waals surface area contributed by atoms with Gasteiger partial charge in [0.1, 0.15) is 11.6 Å². The Balaban J connectivity index is 1.72. The van der Waals surface area contributed by atoms with Crippen LogP contribution < -0.4 is 0 Å². The van der Waals surface area contributed by atoms with Gasteiger partial charge in [0.15, 0.2) is 0 Å². The molecule has 0 bridgehead atoms. The Morgan fingerprint density at radius 1 is 1.15 bits per heavy atom. The molecule has 2 N–H and O–H groups in total. The van der Waals surface area contributed by atoms with Gasteiger partial charge < -0.3 is 15.0 Å². The molecule has 4 aromatic rings. The number of para-hydroxylation sites is 1. The highest BCUT2D eigenvalue weighted by atomic mass is 19.1. The Morgan fingerprint density at radius 3 is 2.73 bits per heavy atom. The minimum Gasteiger partial charge on any atom is -0.507 e. The van der Waals surface area contributed by atoms with Crippen molar-refractivity contribution in [3.05, 3.63) is 107 Å². The van der Waals surface area contributed by atoms with Gasteiger partial charge in [-0.25, -0.2) is 4.39 Å². The molecule has 0 spiro atoms. The van der Waals surface area contributed by atoms with Crippen molar-refractivity contribution >= 4 is 28.4 Å². The number of nitrogens with zero attached hydrogens (tertiary/aromatic N) is 2. The lowest BCUT2D eigenvalue weighted by molar-refractivity contribution is -0.140. The smallest absolute Gasteiger partial charge is 0.295 e. The van der Waals surface area contributed by atoms with E-state index in [0.29, 0.717) is 11.1 Å². The molecular formula is C26H20FN3O3. The number of nitrogens with one attached hydrogen (secondary N) is 1. The highest BCUT2D eigenvalue weighted by Gasteiger charge is 2.46. The monoisotopic (exact) mass is 441 g/mol. The molecular weight excluding hydrogens is 421 g/mol. The van der Waals surface area contributed by atoms with Crippen molar-refractivity contribution < 1.29 is 19.1 Å². The van der Waals surface area contributed by atoms with Crippen molar-refractivity contribution in [2.75, 3.05) is 0 Å². The normalized spacial score (nSPS) is 17.8. The zero-order chi connectivity index (χ0) is 23.1. The Kier molecular flexibility index (Phi) is 5.01. The number of H-pyrrole nitrogens is 1. The highest BCUT2D eigenvalue weighted by Crippen LogP contribution is 2.42. The third kappa shape index (κ3) is 3.47. The van der Waals surface area contributed by atoms with Crippen LogP contribution in [-0.2, 0) is 16.1 Å². The molecule has 33 heavy (non-hydrogen) atoms. The number of aryl methyl sites for hydroxylation is 1. The molecule has 0 saturated carbocycles. The van der Waals surface area contributed by atoms with E-state index >= 15 is 0 Å². The van der Waals surface area contributed by atoms with E-state index in [4.69, 9.17) is 0 Å². The average molecular weight is 441 g/mol. The number of aromatic amines is 1. The summed E-state index contributed by atoms with van der Waals surface area (Å²) in [7, 11) is 0. The lowest BCUT2D eigenvalue weighted by Gasteiger charge is -2.25. The zero-order valence-electron chi connectivity index (χ0n) is 17.7. The van der Waals surface area contributed by atoms with E-state index in [1.165, 1.54) is 23.1 Å². The van der Waals surface area contributed by atoms with Gasteiger partial charge in [-0.2, -0.15) is 0 Å².